The van der Waals surface area contributed by atoms with Crippen LogP contribution in [0.1, 0.15) is 33.2 Å². The summed E-state index contributed by atoms with van der Waals surface area (Å²) in [7, 11) is 4.46. The van der Waals surface area contributed by atoms with E-state index in [1.165, 1.54) is 21.3 Å². The summed E-state index contributed by atoms with van der Waals surface area (Å²) in [5.74, 6) is 1.68. The minimum atomic E-state index is -0.994. The predicted octanol–water partition coefficient (Wildman–Crippen LogP) is 4.13. The van der Waals surface area contributed by atoms with Gasteiger partial charge >= 0.3 is 0 Å². The first-order valence-corrected chi connectivity index (χ1v) is 10.7. The molecule has 0 saturated carbocycles. The fraction of sp³-hybridized carbons (Fsp3) is 0.269. The molecule has 0 bridgehead atoms. The van der Waals surface area contributed by atoms with E-state index in [1.807, 2.05) is 31.2 Å². The maximum Gasteiger partial charge on any atom is 0.255 e. The highest BCUT2D eigenvalue weighted by Crippen LogP contribution is 2.41. The average Bonchev–Trinajstić information content (AvgIpc) is 2.87. The van der Waals surface area contributed by atoms with Crippen LogP contribution in [0, 0.1) is 6.92 Å². The van der Waals surface area contributed by atoms with Gasteiger partial charge in [-0.15, -0.1) is 0 Å². The van der Waals surface area contributed by atoms with Crippen molar-refractivity contribution in [2.24, 2.45) is 0 Å². The van der Waals surface area contributed by atoms with Crippen molar-refractivity contribution in [3.8, 4) is 28.7 Å². The van der Waals surface area contributed by atoms with Gasteiger partial charge in [0, 0.05) is 17.2 Å². The lowest BCUT2D eigenvalue weighted by Gasteiger charge is -2.23. The summed E-state index contributed by atoms with van der Waals surface area (Å²) in [6.45, 7) is 2.78. The van der Waals surface area contributed by atoms with Gasteiger partial charge in [-0.05, 0) is 30.7 Å². The van der Waals surface area contributed by atoms with E-state index >= 15 is 0 Å². The maximum absolute atomic E-state index is 13.3. The van der Waals surface area contributed by atoms with Gasteiger partial charge in [-0.25, -0.2) is 0 Å². The molecule has 1 aliphatic heterocycles. The summed E-state index contributed by atoms with van der Waals surface area (Å²) in [5.41, 5.74) is 2.93. The fourth-order valence-electron chi connectivity index (χ4n) is 3.77. The number of fused-ring (bicyclic) bond motifs is 1. The van der Waals surface area contributed by atoms with Crippen molar-refractivity contribution in [2.75, 3.05) is 39.9 Å². The number of ether oxygens (including phenoxy) is 5. The number of carbonyl (C=O) groups excluding carboxylic acids is 1. The predicted molar refractivity (Wildman–Crippen MR) is 127 cm³/mol. The number of hydrogen-bond acceptors (Lipinski definition) is 7. The smallest absolute Gasteiger partial charge is 0.255 e. The first-order valence-electron chi connectivity index (χ1n) is 10.7. The van der Waals surface area contributed by atoms with Gasteiger partial charge in [-0.1, -0.05) is 29.8 Å². The molecule has 3 aromatic rings. The van der Waals surface area contributed by atoms with Crippen LogP contribution in [0.2, 0.25) is 0 Å². The zero-order valence-corrected chi connectivity index (χ0v) is 19.5. The number of hydrogen-bond donors (Lipinski definition) is 2. The van der Waals surface area contributed by atoms with Gasteiger partial charge in [-0.3, -0.25) is 4.79 Å². The molecule has 34 heavy (non-hydrogen) atoms. The number of benzene rings is 3. The van der Waals surface area contributed by atoms with E-state index in [2.05, 4.69) is 5.32 Å². The van der Waals surface area contributed by atoms with Crippen LogP contribution in [0.25, 0.3) is 0 Å². The van der Waals surface area contributed by atoms with E-state index in [0.717, 1.165) is 5.56 Å². The minimum absolute atomic E-state index is 0.292. The number of aryl methyl sites for hydroxylation is 1. The monoisotopic (exact) mass is 465 g/mol. The highest BCUT2D eigenvalue weighted by atomic mass is 16.6. The standard InChI is InChI=1S/C26H27NO7/c1-15-5-7-16(8-6-15)24(28)18-13-20-21(34-10-9-33-20)14-19(18)27-26(29)17-11-22(30-2)25(32-4)23(12-17)31-3/h5-8,11-14,24,28H,9-10H2,1-4H3,(H,27,29). The Morgan fingerprint density at radius 3 is 2.06 bits per heavy atom. The van der Waals surface area contributed by atoms with Gasteiger partial charge in [0.1, 0.15) is 19.3 Å². The quantitative estimate of drug-likeness (QED) is 0.542. The largest absolute Gasteiger partial charge is 0.493 e. The first kappa shape index (κ1) is 23.3. The molecule has 1 atom stereocenters. The summed E-state index contributed by atoms with van der Waals surface area (Å²) in [6, 6.07) is 14.0. The second-order valence-corrected chi connectivity index (χ2v) is 7.76. The molecule has 0 fully saturated rings. The third kappa shape index (κ3) is 4.58. The second kappa shape index (κ2) is 9.93. The van der Waals surface area contributed by atoms with Gasteiger partial charge in [-0.2, -0.15) is 0 Å². The topological polar surface area (TPSA) is 95.5 Å². The molecule has 0 aliphatic carbocycles. The van der Waals surface area contributed by atoms with Crippen molar-refractivity contribution in [3.05, 3.63) is 70.8 Å². The first-order chi connectivity index (χ1) is 16.4. The van der Waals surface area contributed by atoms with E-state index in [1.54, 1.807) is 24.3 Å². The van der Waals surface area contributed by atoms with E-state index in [-0.39, 0.29) is 0 Å². The molecule has 0 aromatic heterocycles. The Bertz CT molecular complexity index is 1170. The van der Waals surface area contributed by atoms with Crippen LogP contribution >= 0.6 is 0 Å². The summed E-state index contributed by atoms with van der Waals surface area (Å²) in [6.07, 6.45) is -0.994. The molecule has 1 unspecified atom stereocenters. The second-order valence-electron chi connectivity index (χ2n) is 7.76. The normalized spacial score (nSPS) is 13.1. The Hall–Kier alpha value is -3.91. The molecule has 0 radical (unpaired) electrons. The lowest BCUT2D eigenvalue weighted by Crippen LogP contribution is -2.19. The highest BCUT2D eigenvalue weighted by molar-refractivity contribution is 6.05. The van der Waals surface area contributed by atoms with Crippen LogP contribution in [-0.2, 0) is 0 Å². The molecular formula is C26H27NO7. The molecule has 1 amide bonds. The lowest BCUT2D eigenvalue weighted by atomic mass is 9.98. The Kier molecular flexibility index (Phi) is 6.79. The summed E-state index contributed by atoms with van der Waals surface area (Å²) in [4.78, 5) is 13.3. The van der Waals surface area contributed by atoms with Crippen LogP contribution in [0.5, 0.6) is 28.7 Å². The number of nitrogens with one attached hydrogen (secondary N) is 1. The number of anilines is 1. The number of aliphatic hydroxyl groups excluding tert-OH is 1. The van der Waals surface area contributed by atoms with Gasteiger partial charge in [0.25, 0.3) is 5.91 Å². The Balaban J connectivity index is 1.73. The molecule has 4 rings (SSSR count). The molecule has 8 heteroatoms. The minimum Gasteiger partial charge on any atom is -0.493 e. The SMILES string of the molecule is COc1cc(C(=O)Nc2cc3c(cc2C(O)c2ccc(C)cc2)OCCO3)cc(OC)c1OC. The number of methoxy groups -OCH3 is 3. The molecule has 0 saturated heterocycles. The van der Waals surface area contributed by atoms with Gasteiger partial charge in [0.2, 0.25) is 5.75 Å². The highest BCUT2D eigenvalue weighted by Gasteiger charge is 2.24. The van der Waals surface area contributed by atoms with Gasteiger partial charge < -0.3 is 34.1 Å². The molecule has 8 nitrogen and oxygen atoms in total. The zero-order chi connectivity index (χ0) is 24.2. The number of aliphatic hydroxyl groups is 1. The van der Waals surface area contributed by atoms with E-state index in [0.29, 0.717) is 64.3 Å². The lowest BCUT2D eigenvalue weighted by molar-refractivity contribution is 0.102. The van der Waals surface area contributed by atoms with Crippen molar-refractivity contribution in [2.45, 2.75) is 13.0 Å². The Morgan fingerprint density at radius 1 is 0.912 bits per heavy atom. The van der Waals surface area contributed by atoms with Crippen LogP contribution < -0.4 is 29.0 Å². The van der Waals surface area contributed by atoms with Crippen LogP contribution in [0.4, 0.5) is 5.69 Å². The summed E-state index contributed by atoms with van der Waals surface area (Å²) < 4.78 is 27.5. The maximum atomic E-state index is 13.3. The van der Waals surface area contributed by atoms with Crippen molar-refractivity contribution in [1.29, 1.82) is 0 Å². The number of rotatable bonds is 7. The molecular weight excluding hydrogens is 438 g/mol. The summed E-state index contributed by atoms with van der Waals surface area (Å²) in [5, 5.41) is 14.1. The molecule has 2 N–H and O–H groups in total. The number of carbonyl (C=O) groups is 1. The van der Waals surface area contributed by atoms with Crippen molar-refractivity contribution in [1.82, 2.24) is 0 Å². The summed E-state index contributed by atoms with van der Waals surface area (Å²) >= 11 is 0. The van der Waals surface area contributed by atoms with Crippen molar-refractivity contribution in [3.63, 3.8) is 0 Å². The molecule has 3 aromatic carbocycles. The Labute approximate surface area is 198 Å². The fourth-order valence-corrected chi connectivity index (χ4v) is 3.77. The molecule has 1 heterocycles. The Morgan fingerprint density at radius 2 is 1.50 bits per heavy atom. The van der Waals surface area contributed by atoms with Crippen LogP contribution in [-0.4, -0.2) is 45.6 Å². The zero-order valence-electron chi connectivity index (χ0n) is 19.5. The molecule has 0 spiro atoms. The van der Waals surface area contributed by atoms with E-state index in [4.69, 9.17) is 23.7 Å². The third-order valence-electron chi connectivity index (χ3n) is 5.58. The van der Waals surface area contributed by atoms with E-state index in [9.17, 15) is 9.90 Å². The average molecular weight is 466 g/mol. The van der Waals surface area contributed by atoms with E-state index < -0.39 is 12.0 Å². The van der Waals surface area contributed by atoms with Gasteiger partial charge in [0.15, 0.2) is 23.0 Å². The van der Waals surface area contributed by atoms with Crippen LogP contribution in [0.15, 0.2) is 48.5 Å². The van der Waals surface area contributed by atoms with Gasteiger partial charge in [0.05, 0.1) is 27.0 Å². The van der Waals surface area contributed by atoms with Crippen LogP contribution in [0.3, 0.4) is 0 Å². The number of amides is 1. The van der Waals surface area contributed by atoms with Crippen molar-refractivity contribution < 1.29 is 33.6 Å². The molecule has 1 aliphatic rings. The van der Waals surface area contributed by atoms with Crippen molar-refractivity contribution >= 4 is 11.6 Å². The molecule has 178 valence electrons. The third-order valence-corrected chi connectivity index (χ3v) is 5.58.